The Kier molecular flexibility index (Phi) is 7.52. The van der Waals surface area contributed by atoms with Crippen LogP contribution in [0.5, 0.6) is 0 Å². The van der Waals surface area contributed by atoms with E-state index in [4.69, 9.17) is 9.97 Å². The summed E-state index contributed by atoms with van der Waals surface area (Å²) in [6.45, 7) is 4.81. The van der Waals surface area contributed by atoms with Crippen LogP contribution in [0.15, 0.2) is 206 Å². The van der Waals surface area contributed by atoms with E-state index in [1.807, 2.05) is 6.07 Å². The molecule has 0 amide bonds. The minimum absolute atomic E-state index is 0.257. The van der Waals surface area contributed by atoms with E-state index in [1.54, 1.807) is 0 Å². The average Bonchev–Trinajstić information content (AvgIpc) is 3.61. The van der Waals surface area contributed by atoms with Crippen LogP contribution in [0.4, 0.5) is 0 Å². The molecule has 1 heterocycles. The van der Waals surface area contributed by atoms with E-state index in [9.17, 15) is 0 Å². The molecule has 2 nitrogen and oxygen atoms in total. The second-order valence-electron chi connectivity index (χ2n) is 16.9. The van der Waals surface area contributed by atoms with Crippen LogP contribution in [-0.2, 0) is 10.8 Å². The third-order valence-electron chi connectivity index (χ3n) is 13.3. The number of aromatic nitrogens is 2. The third-order valence-corrected chi connectivity index (χ3v) is 13.3. The van der Waals surface area contributed by atoms with E-state index >= 15 is 0 Å². The van der Waals surface area contributed by atoms with E-state index in [0.29, 0.717) is 5.82 Å². The number of rotatable bonds is 4. The summed E-state index contributed by atoms with van der Waals surface area (Å²) in [4.78, 5) is 10.5. The van der Waals surface area contributed by atoms with Crippen molar-refractivity contribution in [2.45, 2.75) is 24.7 Å². The lowest BCUT2D eigenvalue weighted by Gasteiger charge is -2.47. The lowest BCUT2D eigenvalue weighted by atomic mass is 9.54. The van der Waals surface area contributed by atoms with Crippen molar-refractivity contribution in [1.82, 2.24) is 9.97 Å². The first-order valence-electron chi connectivity index (χ1n) is 20.9. The van der Waals surface area contributed by atoms with Crippen molar-refractivity contribution in [1.29, 1.82) is 0 Å². The Morgan fingerprint density at radius 3 is 1.62 bits per heavy atom. The molecule has 0 N–H and O–H groups in total. The van der Waals surface area contributed by atoms with Gasteiger partial charge in [-0.15, -0.1) is 0 Å². The van der Waals surface area contributed by atoms with Crippen LogP contribution < -0.4 is 0 Å². The summed E-state index contributed by atoms with van der Waals surface area (Å²) in [5, 5.41) is 4.94. The van der Waals surface area contributed by atoms with Crippen LogP contribution in [0.1, 0.15) is 47.2 Å². The SMILES string of the molecule is CC1(C)c2ccccc2C2(c3ccccc3-c3ccccc32)c2cccc(-c3ccc(-c4nc(-c5ccccc5)cc(-c5ccc6c(ccc7ccccc76)c5)n4)cc3)c21. The number of nitrogens with zero attached hydrogens (tertiary/aromatic N) is 2. The molecule has 2 heteroatoms. The second-order valence-corrected chi connectivity index (χ2v) is 16.9. The van der Waals surface area contributed by atoms with Crippen molar-refractivity contribution in [3.05, 3.63) is 240 Å². The molecule has 2 aliphatic carbocycles. The van der Waals surface area contributed by atoms with E-state index < -0.39 is 5.41 Å². The molecule has 9 aromatic carbocycles. The molecular formula is C58H40N2. The highest BCUT2D eigenvalue weighted by atomic mass is 14.9. The lowest BCUT2D eigenvalue weighted by Crippen LogP contribution is -2.41. The first kappa shape index (κ1) is 34.6. The zero-order valence-electron chi connectivity index (χ0n) is 33.5. The Morgan fingerprint density at radius 2 is 0.867 bits per heavy atom. The van der Waals surface area contributed by atoms with Gasteiger partial charge in [0, 0.05) is 22.1 Å². The summed E-state index contributed by atoms with van der Waals surface area (Å²) in [6.07, 6.45) is 0. The van der Waals surface area contributed by atoms with E-state index in [2.05, 4.69) is 214 Å². The van der Waals surface area contributed by atoms with Crippen LogP contribution in [0.2, 0.25) is 0 Å². The molecular weight excluding hydrogens is 725 g/mol. The Labute approximate surface area is 350 Å². The predicted octanol–water partition coefficient (Wildman–Crippen LogP) is 14.5. The quantitative estimate of drug-likeness (QED) is 0.167. The Hall–Kier alpha value is -7.42. The van der Waals surface area contributed by atoms with Gasteiger partial charge in [-0.25, -0.2) is 9.97 Å². The van der Waals surface area contributed by atoms with Gasteiger partial charge in [0.15, 0.2) is 5.82 Å². The van der Waals surface area contributed by atoms with Crippen LogP contribution in [-0.4, -0.2) is 9.97 Å². The fourth-order valence-corrected chi connectivity index (χ4v) is 10.7. The smallest absolute Gasteiger partial charge is 0.160 e. The second kappa shape index (κ2) is 13.0. The van der Waals surface area contributed by atoms with Crippen molar-refractivity contribution in [2.24, 2.45) is 0 Å². The molecule has 0 unspecified atom stereocenters. The maximum absolute atomic E-state index is 5.27. The van der Waals surface area contributed by atoms with Crippen LogP contribution in [0, 0.1) is 0 Å². The van der Waals surface area contributed by atoms with Gasteiger partial charge in [-0.3, -0.25) is 0 Å². The molecule has 0 atom stereocenters. The fourth-order valence-electron chi connectivity index (χ4n) is 10.7. The topological polar surface area (TPSA) is 25.8 Å². The molecule has 0 fully saturated rings. The van der Waals surface area contributed by atoms with Crippen molar-refractivity contribution < 1.29 is 0 Å². The minimum Gasteiger partial charge on any atom is -0.228 e. The van der Waals surface area contributed by atoms with Crippen molar-refractivity contribution in [2.75, 3.05) is 0 Å². The third kappa shape index (κ3) is 4.94. The summed E-state index contributed by atoms with van der Waals surface area (Å²) < 4.78 is 0. The van der Waals surface area contributed by atoms with Crippen molar-refractivity contribution >= 4 is 21.5 Å². The normalized spacial score (nSPS) is 14.1. The first-order chi connectivity index (χ1) is 29.5. The summed E-state index contributed by atoms with van der Waals surface area (Å²) in [5.74, 6) is 0.707. The summed E-state index contributed by atoms with van der Waals surface area (Å²) >= 11 is 0. The largest absolute Gasteiger partial charge is 0.228 e. The molecule has 60 heavy (non-hydrogen) atoms. The van der Waals surface area contributed by atoms with Crippen molar-refractivity contribution in [3.63, 3.8) is 0 Å². The highest BCUT2D eigenvalue weighted by molar-refractivity contribution is 6.08. The number of hydrogen-bond donors (Lipinski definition) is 0. The van der Waals surface area contributed by atoms with Gasteiger partial charge in [0.05, 0.1) is 16.8 Å². The number of fused-ring (bicyclic) bond motifs is 12. The molecule has 12 rings (SSSR count). The van der Waals surface area contributed by atoms with Crippen LogP contribution in [0.3, 0.4) is 0 Å². The van der Waals surface area contributed by atoms with Crippen LogP contribution in [0.25, 0.3) is 77.7 Å². The molecule has 0 aliphatic heterocycles. The number of hydrogen-bond acceptors (Lipinski definition) is 2. The molecule has 282 valence electrons. The van der Waals surface area contributed by atoms with Gasteiger partial charge in [-0.2, -0.15) is 0 Å². The molecule has 1 aromatic heterocycles. The maximum Gasteiger partial charge on any atom is 0.160 e. The first-order valence-corrected chi connectivity index (χ1v) is 20.9. The highest BCUT2D eigenvalue weighted by Gasteiger charge is 2.53. The summed E-state index contributed by atoms with van der Waals surface area (Å²) in [7, 11) is 0. The van der Waals surface area contributed by atoms with E-state index in [-0.39, 0.29) is 5.41 Å². The Morgan fingerprint density at radius 1 is 0.333 bits per heavy atom. The standard InChI is InChI=1S/C58H40N2/c1-57(2)50-24-12-13-25-51(50)58(48-22-10-8-19-46(48)47-20-9-11-23-49(47)58)52-26-14-21-45(55(52)57)38-27-30-40(31-28-38)56-59-53(39-16-4-3-5-17-39)36-54(60-56)42-33-34-44-41(35-42)32-29-37-15-6-7-18-43(37)44/h3-36H,1-2H3. The lowest BCUT2D eigenvalue weighted by molar-refractivity contribution is 0.565. The Bertz CT molecular complexity index is 3290. The maximum atomic E-state index is 5.27. The molecule has 0 saturated heterocycles. The zero-order chi connectivity index (χ0) is 40.0. The molecule has 2 aliphatic rings. The molecule has 1 spiro atoms. The number of benzene rings is 9. The molecule has 0 radical (unpaired) electrons. The molecule has 10 aromatic rings. The summed E-state index contributed by atoms with van der Waals surface area (Å²) in [5.41, 5.74) is 17.5. The zero-order valence-corrected chi connectivity index (χ0v) is 33.5. The van der Waals surface area contributed by atoms with Gasteiger partial charge >= 0.3 is 0 Å². The Balaban J connectivity index is 1.01. The monoisotopic (exact) mass is 764 g/mol. The predicted molar refractivity (Wildman–Crippen MR) is 248 cm³/mol. The van der Waals surface area contributed by atoms with E-state index in [0.717, 1.165) is 28.1 Å². The molecule has 0 saturated carbocycles. The van der Waals surface area contributed by atoms with Gasteiger partial charge in [0.25, 0.3) is 0 Å². The summed E-state index contributed by atoms with van der Waals surface area (Å²) in [6, 6.07) is 75.4. The van der Waals surface area contributed by atoms with Crippen LogP contribution >= 0.6 is 0 Å². The molecule has 0 bridgehead atoms. The van der Waals surface area contributed by atoms with Crippen molar-refractivity contribution in [3.8, 4) is 56.2 Å². The highest BCUT2D eigenvalue weighted by Crippen LogP contribution is 2.63. The van der Waals surface area contributed by atoms with Gasteiger partial charge in [0.2, 0.25) is 0 Å². The van der Waals surface area contributed by atoms with Gasteiger partial charge in [-0.05, 0) is 89.3 Å². The van der Waals surface area contributed by atoms with Gasteiger partial charge in [-0.1, -0.05) is 208 Å². The van der Waals surface area contributed by atoms with E-state index in [1.165, 1.54) is 77.2 Å². The minimum atomic E-state index is -0.428. The van der Waals surface area contributed by atoms with Gasteiger partial charge < -0.3 is 0 Å². The average molecular weight is 765 g/mol. The van der Waals surface area contributed by atoms with Gasteiger partial charge in [0.1, 0.15) is 0 Å². The fraction of sp³-hybridized carbons (Fsp3) is 0.0690.